The van der Waals surface area contributed by atoms with E-state index in [-0.39, 0.29) is 170 Å². The Morgan fingerprint density at radius 3 is 1.08 bits per heavy atom. The third-order valence-electron chi connectivity index (χ3n) is 17.9. The zero-order chi connectivity index (χ0) is 95.6. The monoisotopic (exact) mass is 2070 g/mol. The Hall–Kier alpha value is -7.63. The van der Waals surface area contributed by atoms with Gasteiger partial charge in [-0.1, -0.05) is 245 Å². The van der Waals surface area contributed by atoms with Crippen molar-refractivity contribution in [2.24, 2.45) is 22.1 Å². The number of ether oxygens (including phenoxy) is 5. The second-order valence-electron chi connectivity index (χ2n) is 27.8. The zero-order valence-electron chi connectivity index (χ0n) is 71.1. The number of carbonyl (C=O) groups is 7. The number of rotatable bonds is 25. The molecule has 28 nitrogen and oxygen atoms in total. The molecule has 0 atom stereocenters. The van der Waals surface area contributed by atoms with Gasteiger partial charge >= 0.3 is 59.4 Å². The summed E-state index contributed by atoms with van der Waals surface area (Å²) in [6.07, 6.45) is 13.4. The minimum absolute atomic E-state index is 0. The van der Waals surface area contributed by atoms with Crippen LogP contribution < -0.4 is 34.7 Å². The molecule has 4 saturated carbocycles. The van der Waals surface area contributed by atoms with Crippen LogP contribution in [-0.2, 0) is 49.5 Å². The van der Waals surface area contributed by atoms with Crippen LogP contribution in [0.4, 0.5) is 0 Å². The van der Waals surface area contributed by atoms with Gasteiger partial charge in [-0.2, -0.15) is 7.11 Å². The predicted molar refractivity (Wildman–Crippen MR) is 494 cm³/mol. The van der Waals surface area contributed by atoms with Crippen LogP contribution in [0.1, 0.15) is 207 Å². The van der Waals surface area contributed by atoms with Crippen molar-refractivity contribution < 1.29 is 126 Å². The van der Waals surface area contributed by atoms with E-state index in [4.69, 9.17) is 210 Å². The minimum Gasteiger partial charge on any atom is -0.857 e. The van der Waals surface area contributed by atoms with Crippen LogP contribution in [-0.4, -0.2) is 138 Å². The molecule has 0 amide bonds. The summed E-state index contributed by atoms with van der Waals surface area (Å²) in [6, 6.07) is 20.4. The van der Waals surface area contributed by atoms with Crippen molar-refractivity contribution in [3.05, 3.63) is 228 Å². The Kier molecular flexibility index (Phi) is 49.1. The number of pyridine rings is 2. The van der Waals surface area contributed by atoms with Gasteiger partial charge < -0.3 is 62.4 Å². The molecule has 43 heteroatoms. The summed E-state index contributed by atoms with van der Waals surface area (Å²) < 4.78 is 45.7. The molecule has 10 aromatic rings. The van der Waals surface area contributed by atoms with Crippen LogP contribution in [0, 0.1) is 25.7 Å². The van der Waals surface area contributed by atoms with E-state index in [0.29, 0.717) is 125 Å². The first kappa shape index (κ1) is 113. The number of esters is 5. The van der Waals surface area contributed by atoms with Crippen molar-refractivity contribution in [1.82, 2.24) is 30.6 Å². The molecule has 690 valence electrons. The maximum Gasteiger partial charge on any atom is 1.00 e. The molecule has 4 aliphatic rings. The van der Waals surface area contributed by atoms with Crippen LogP contribution >= 0.6 is 162 Å². The number of nitrogens with zero attached hydrogens (tertiary/aromatic N) is 8. The molecule has 0 bridgehead atoms. The summed E-state index contributed by atoms with van der Waals surface area (Å²) in [4.78, 5) is 87.6. The molecule has 6 aromatic heterocycles. The third kappa shape index (κ3) is 32.6. The Bertz CT molecular complexity index is 5070. The fourth-order valence-electron chi connectivity index (χ4n) is 11.2. The second kappa shape index (κ2) is 56.5. The largest absolute Gasteiger partial charge is 1.00 e. The first-order valence-electron chi connectivity index (χ1n) is 39.2. The van der Waals surface area contributed by atoms with E-state index in [1.54, 1.807) is 107 Å². The first-order valence-corrected chi connectivity index (χ1v) is 44.5. The maximum absolute atomic E-state index is 12.3. The SMILES string of the molecule is CCOC(=O)c1c(-c2c(Cl)cccc2Cl)noc1C1CC1.CCOC(=O)c1c(-c2c(Cl)cccc2Cl)noc1C1CC1.CCOC(=O)c1c(-c2c(Cl)cncc2Cl)noc1C(C)C.C[O-].O/N=C(/Cl)c1c(Cl)cccc1Cl.O/N=C(/Cl)c1c(Cl)cncc1Cl.OCc1c(-c2c(Cl)cccc2Cl)noc1C1CC1.[CH2+]COC(=O)CC(=O)C(C)C.[CH2+]COC(=O)CC(=O)C1CC1.[Na+]. The third-order valence-corrected chi connectivity index (χ3v) is 22.1. The van der Waals surface area contributed by atoms with Gasteiger partial charge in [0.25, 0.3) is 0 Å². The van der Waals surface area contributed by atoms with E-state index in [1.165, 1.54) is 24.8 Å². The number of aliphatic hydroxyl groups excluding tert-OH is 1. The van der Waals surface area contributed by atoms with Gasteiger partial charge in [-0.15, -0.1) is 0 Å². The second-order valence-corrected chi connectivity index (χ2v) is 33.4. The van der Waals surface area contributed by atoms with Gasteiger partial charge in [-0.3, -0.25) is 29.1 Å². The molecule has 130 heavy (non-hydrogen) atoms. The normalized spacial score (nSPS) is 12.8. The van der Waals surface area contributed by atoms with Crippen LogP contribution in [0.2, 0.25) is 60.3 Å². The summed E-state index contributed by atoms with van der Waals surface area (Å²) in [5, 5.41) is 60.3. The maximum atomic E-state index is 12.3. The number of benzene rings is 4. The average molecular weight is 2080 g/mol. The molecule has 0 saturated heterocycles. The van der Waals surface area contributed by atoms with E-state index in [0.717, 1.165) is 64.2 Å². The number of aliphatic hydroxyl groups is 1. The van der Waals surface area contributed by atoms with Crippen LogP contribution in [0.25, 0.3) is 45.0 Å². The van der Waals surface area contributed by atoms with Gasteiger partial charge in [0, 0.05) is 88.1 Å². The average Bonchev–Trinajstić information content (AvgIpc) is 1.59. The smallest absolute Gasteiger partial charge is 0.857 e. The van der Waals surface area contributed by atoms with E-state index >= 15 is 0 Å². The van der Waals surface area contributed by atoms with E-state index in [1.807, 2.05) is 13.8 Å². The van der Waals surface area contributed by atoms with Crippen LogP contribution in [0.3, 0.4) is 0 Å². The molecular formula is C87H85Cl14N8NaO20+2. The standard InChI is InChI=1S/2C15H13Cl2NO3.C14H14Cl2N2O3.C13H11Cl2NO2.C8H11O3.C8H13O3.C7H4Cl3NO.C6H3Cl3N2O.CH3O.Na/c2*1-2-20-15(19)12-13(18-21-14(12)8-6-7-8)11-9(16)4-3-5-10(11)17;1-4-20-14(19)11-12(18-21-13(11)7(2)3)10-8(15)5-17-6-9(10)16;14-9-2-1-3-10(15)11(9)12-8(6-17)13(18-16-12)7-4-5-7;1-2-11-8(10)5-7(9)6-3-4-6;1-4-11-8(10)5-7(9)6(2)3;8-4-2-1-3-5(9)6(4)7(10)11-12;7-3-1-10-2-4(8)5(3)6(9)11-12;1-2;/h2*3-5,8H,2,6-7H2,1H3;5-7H,4H2,1-3H3;1-3,7,17H,4-6H2;6H,1-5H2;6H,1,4-5H2,2-3H3;1-3,12H;1-2,12H;1H3;/q;;;;2*+1;;;-1;+1/b;;;;;;11-7+;11-6+;;. The van der Waals surface area contributed by atoms with Crippen LogP contribution in [0.15, 0.2) is 126 Å². The molecule has 4 aromatic carbocycles. The summed E-state index contributed by atoms with van der Waals surface area (Å²) in [6.45, 7) is 20.1. The van der Waals surface area contributed by atoms with Gasteiger partial charge in [-0.05, 0) is 121 Å². The number of Topliss-reactive ketones (excluding diaryl/α,β-unsaturated/α-hetero) is 2. The summed E-state index contributed by atoms with van der Waals surface area (Å²) >= 11 is 83.2. The minimum atomic E-state index is -0.513. The Morgan fingerprint density at radius 1 is 0.431 bits per heavy atom. The van der Waals surface area contributed by atoms with Crippen LogP contribution in [0.5, 0.6) is 0 Å². The molecule has 4 aliphatic carbocycles. The van der Waals surface area contributed by atoms with Gasteiger partial charge in [-0.25, -0.2) is 14.4 Å². The molecule has 4 fully saturated rings. The number of oxime groups is 2. The Balaban J connectivity index is 0.000000266. The molecular weight excluding hydrogens is 2000 g/mol. The molecule has 0 radical (unpaired) electrons. The fourth-order valence-corrected chi connectivity index (χ4v) is 15.2. The van der Waals surface area contributed by atoms with E-state index in [9.17, 15) is 38.7 Å². The molecule has 3 N–H and O–H groups in total. The fraction of sp³-hybridized carbons (Fsp3) is 0.345. The Labute approximate surface area is 840 Å². The molecule has 14 rings (SSSR count). The topological polar surface area (TPSA) is 404 Å². The number of hydrogen-bond acceptors (Lipinski definition) is 28. The number of aromatic nitrogens is 6. The van der Waals surface area contributed by atoms with Crippen molar-refractivity contribution in [2.75, 3.05) is 40.1 Å². The van der Waals surface area contributed by atoms with Gasteiger partial charge in [0.05, 0.1) is 97.8 Å². The van der Waals surface area contributed by atoms with Crippen molar-refractivity contribution >= 4 is 214 Å². The van der Waals surface area contributed by atoms with Crippen molar-refractivity contribution in [2.45, 2.75) is 143 Å². The molecule has 6 heterocycles. The summed E-state index contributed by atoms with van der Waals surface area (Å²) in [7, 11) is 0.750. The summed E-state index contributed by atoms with van der Waals surface area (Å²) in [5.74, 6) is 0.759. The molecule has 0 aliphatic heterocycles. The molecule has 0 spiro atoms. The zero-order valence-corrected chi connectivity index (χ0v) is 83.7. The van der Waals surface area contributed by atoms with Gasteiger partial charge in [0.15, 0.2) is 27.6 Å². The van der Waals surface area contributed by atoms with Gasteiger partial charge in [0.1, 0.15) is 83.5 Å². The quantitative estimate of drug-likeness (QED) is 0.00699. The predicted octanol–water partition coefficient (Wildman–Crippen LogP) is 21.6. The van der Waals surface area contributed by atoms with Crippen molar-refractivity contribution in [3.8, 4) is 45.0 Å². The van der Waals surface area contributed by atoms with Gasteiger partial charge in [0.2, 0.25) is 13.2 Å². The van der Waals surface area contributed by atoms with Crippen molar-refractivity contribution in [3.63, 3.8) is 0 Å². The molecule has 0 unspecified atom stereocenters. The first-order chi connectivity index (χ1) is 61.6. The van der Waals surface area contributed by atoms with E-state index < -0.39 is 29.8 Å². The number of halogens is 14. The summed E-state index contributed by atoms with van der Waals surface area (Å²) in [5.41, 5.74) is 5.81. The number of hydrogen-bond donors (Lipinski definition) is 3. The van der Waals surface area contributed by atoms with Crippen molar-refractivity contribution in [1.29, 1.82) is 0 Å². The number of carbonyl (C=O) groups excluding carboxylic acids is 7. The Morgan fingerprint density at radius 2 is 0.738 bits per heavy atom. The van der Waals surface area contributed by atoms with E-state index in [2.05, 4.69) is 64.2 Å². The number of ketones is 2.